The molecule has 1 atom stereocenters. The van der Waals surface area contributed by atoms with E-state index < -0.39 is 0 Å². The third-order valence-electron chi connectivity index (χ3n) is 6.11. The number of carbonyl (C=O) groups is 1. The molecule has 0 spiro atoms. The summed E-state index contributed by atoms with van der Waals surface area (Å²) in [5, 5.41) is 4.81. The molecule has 3 aliphatic rings. The molecule has 1 fully saturated rings. The van der Waals surface area contributed by atoms with Crippen LogP contribution in [0.1, 0.15) is 25.3 Å². The fourth-order valence-electron chi connectivity index (χ4n) is 4.46. The number of para-hydroxylation sites is 1. The first-order valence-corrected chi connectivity index (χ1v) is 11.1. The van der Waals surface area contributed by atoms with Crippen LogP contribution in [0.15, 0.2) is 47.8 Å². The van der Waals surface area contributed by atoms with Crippen LogP contribution < -0.4 is 5.32 Å². The predicted molar refractivity (Wildman–Crippen MR) is 116 cm³/mol. The lowest BCUT2D eigenvalue weighted by molar-refractivity contribution is -0.128. The fourth-order valence-corrected chi connectivity index (χ4v) is 5.63. The molecule has 5 nitrogen and oxygen atoms in total. The van der Waals surface area contributed by atoms with Crippen molar-refractivity contribution in [2.24, 2.45) is 0 Å². The topological polar surface area (TPSA) is 51.4 Å². The molecule has 1 aromatic carbocycles. The lowest BCUT2D eigenvalue weighted by atomic mass is 9.98. The Morgan fingerprint density at radius 2 is 2.14 bits per heavy atom. The number of rotatable bonds is 4. The van der Waals surface area contributed by atoms with Crippen LogP contribution in [0.3, 0.4) is 0 Å². The Balaban J connectivity index is 1.24. The largest absolute Gasteiger partial charge is 0.361 e. The summed E-state index contributed by atoms with van der Waals surface area (Å²) in [5.41, 5.74) is 6.13. The number of nitrogens with zero attached hydrogens (tertiary/aromatic N) is 2. The number of amides is 1. The average molecular weight is 395 g/mol. The average Bonchev–Trinajstić information content (AvgIpc) is 3.35. The van der Waals surface area contributed by atoms with Crippen LogP contribution in [0.5, 0.6) is 0 Å². The summed E-state index contributed by atoms with van der Waals surface area (Å²) in [4.78, 5) is 20.6. The van der Waals surface area contributed by atoms with Crippen molar-refractivity contribution in [1.29, 1.82) is 0 Å². The van der Waals surface area contributed by atoms with Gasteiger partial charge in [0, 0.05) is 65.9 Å². The normalized spacial score (nSPS) is 23.2. The summed E-state index contributed by atoms with van der Waals surface area (Å²) in [5.74, 6) is 1.26. The second-order valence-electron chi connectivity index (χ2n) is 7.75. The van der Waals surface area contributed by atoms with Crippen molar-refractivity contribution in [2.75, 3.05) is 31.9 Å². The second-order valence-corrected chi connectivity index (χ2v) is 8.94. The smallest absolute Gasteiger partial charge is 0.253 e. The fraction of sp³-hybridized carbons (Fsp3) is 0.409. The van der Waals surface area contributed by atoms with E-state index in [2.05, 4.69) is 58.7 Å². The van der Waals surface area contributed by atoms with E-state index in [0.717, 1.165) is 56.0 Å². The Hall–Kier alpha value is -2.18. The second kappa shape index (κ2) is 7.33. The van der Waals surface area contributed by atoms with Crippen LogP contribution in [0.25, 0.3) is 16.5 Å². The number of nitrogens with one attached hydrogen (secondary N) is 2. The van der Waals surface area contributed by atoms with Gasteiger partial charge in [-0.3, -0.25) is 9.69 Å². The van der Waals surface area contributed by atoms with E-state index in [9.17, 15) is 4.79 Å². The van der Waals surface area contributed by atoms with Crippen molar-refractivity contribution < 1.29 is 4.79 Å². The molecule has 1 unspecified atom stereocenters. The minimum Gasteiger partial charge on any atom is -0.361 e. The van der Waals surface area contributed by atoms with Gasteiger partial charge in [-0.1, -0.05) is 24.3 Å². The molecule has 28 heavy (non-hydrogen) atoms. The summed E-state index contributed by atoms with van der Waals surface area (Å²) in [7, 11) is 0. The van der Waals surface area contributed by atoms with Crippen molar-refractivity contribution in [1.82, 2.24) is 20.1 Å². The van der Waals surface area contributed by atoms with Gasteiger partial charge in [0.2, 0.25) is 0 Å². The summed E-state index contributed by atoms with van der Waals surface area (Å²) in [6, 6.07) is 8.49. The van der Waals surface area contributed by atoms with Crippen molar-refractivity contribution in [3.05, 3.63) is 53.4 Å². The van der Waals surface area contributed by atoms with E-state index in [1.165, 1.54) is 22.0 Å². The number of fused-ring (bicyclic) bond motifs is 2. The summed E-state index contributed by atoms with van der Waals surface area (Å²) < 4.78 is 0. The molecule has 1 aromatic heterocycles. The number of hydrogen-bond donors (Lipinski definition) is 2. The van der Waals surface area contributed by atoms with E-state index in [4.69, 9.17) is 0 Å². The number of thioether (sulfide) groups is 1. The highest BCUT2D eigenvalue weighted by atomic mass is 32.2. The molecule has 1 saturated heterocycles. The number of aromatic amines is 1. The van der Waals surface area contributed by atoms with Crippen molar-refractivity contribution in [3.8, 4) is 0 Å². The van der Waals surface area contributed by atoms with E-state index >= 15 is 0 Å². The van der Waals surface area contributed by atoms with Crippen LogP contribution in [-0.2, 0) is 4.79 Å². The van der Waals surface area contributed by atoms with Gasteiger partial charge in [0.1, 0.15) is 0 Å². The van der Waals surface area contributed by atoms with Crippen LogP contribution in [0, 0.1) is 0 Å². The first-order chi connectivity index (χ1) is 13.7. The maximum Gasteiger partial charge on any atom is 0.253 e. The molecule has 0 aliphatic carbocycles. The molecular formula is C22H26N4OS. The predicted octanol–water partition coefficient (Wildman–Crippen LogP) is 3.38. The molecule has 0 radical (unpaired) electrons. The van der Waals surface area contributed by atoms with Gasteiger partial charge in [0.05, 0.1) is 0 Å². The number of benzene rings is 1. The summed E-state index contributed by atoms with van der Waals surface area (Å²) >= 11 is 1.82. The van der Waals surface area contributed by atoms with Gasteiger partial charge in [-0.25, -0.2) is 0 Å². The van der Waals surface area contributed by atoms with Gasteiger partial charge in [0.25, 0.3) is 5.91 Å². The molecule has 0 bridgehead atoms. The number of hydrogen-bond acceptors (Lipinski definition) is 4. The molecule has 5 rings (SSSR count). The zero-order valence-electron chi connectivity index (χ0n) is 16.2. The molecule has 2 aromatic rings. The Morgan fingerprint density at radius 3 is 3.00 bits per heavy atom. The Labute approximate surface area is 169 Å². The highest BCUT2D eigenvalue weighted by Crippen LogP contribution is 2.31. The van der Waals surface area contributed by atoms with E-state index in [-0.39, 0.29) is 11.4 Å². The number of H-pyrrole nitrogens is 1. The maximum absolute atomic E-state index is 12.8. The van der Waals surface area contributed by atoms with Crippen LogP contribution >= 0.6 is 11.8 Å². The number of aromatic nitrogens is 1. The van der Waals surface area contributed by atoms with Gasteiger partial charge in [-0.05, 0) is 31.4 Å². The zero-order chi connectivity index (χ0) is 19.1. The highest BCUT2D eigenvalue weighted by molar-refractivity contribution is 8.00. The van der Waals surface area contributed by atoms with E-state index in [1.54, 1.807) is 0 Å². The van der Waals surface area contributed by atoms with Crippen molar-refractivity contribution >= 4 is 34.1 Å². The molecule has 0 saturated carbocycles. The monoisotopic (exact) mass is 394 g/mol. The van der Waals surface area contributed by atoms with Gasteiger partial charge >= 0.3 is 0 Å². The third-order valence-corrected chi connectivity index (χ3v) is 7.22. The lowest BCUT2D eigenvalue weighted by Crippen LogP contribution is -2.48. The first-order valence-electron chi connectivity index (χ1n) is 10.1. The minimum atomic E-state index is 0.146. The molecule has 2 N–H and O–H groups in total. The first kappa shape index (κ1) is 17.9. The van der Waals surface area contributed by atoms with Crippen molar-refractivity contribution in [3.63, 3.8) is 0 Å². The summed E-state index contributed by atoms with van der Waals surface area (Å²) in [6.45, 7) is 5.84. The van der Waals surface area contributed by atoms with Gasteiger partial charge in [0.15, 0.2) is 5.50 Å². The lowest BCUT2D eigenvalue weighted by Gasteiger charge is -2.34. The minimum absolute atomic E-state index is 0.146. The van der Waals surface area contributed by atoms with Crippen molar-refractivity contribution in [2.45, 2.75) is 25.3 Å². The zero-order valence-corrected chi connectivity index (χ0v) is 17.0. The van der Waals surface area contributed by atoms with Crippen LogP contribution in [0.2, 0.25) is 0 Å². The number of allylic oxidation sites excluding steroid dienone is 1. The van der Waals surface area contributed by atoms with Crippen LogP contribution in [-0.4, -0.2) is 58.1 Å². The molecule has 3 aliphatic heterocycles. The third kappa shape index (κ3) is 3.14. The number of carbonyl (C=O) groups excluding carboxylic acids is 1. The van der Waals surface area contributed by atoms with Crippen LogP contribution in [0.4, 0.5) is 0 Å². The van der Waals surface area contributed by atoms with Gasteiger partial charge in [-0.2, -0.15) is 0 Å². The molecule has 146 valence electrons. The van der Waals surface area contributed by atoms with Gasteiger partial charge in [-0.15, -0.1) is 11.8 Å². The van der Waals surface area contributed by atoms with E-state index in [0.29, 0.717) is 0 Å². The molecule has 6 heteroatoms. The Morgan fingerprint density at radius 1 is 1.25 bits per heavy atom. The maximum atomic E-state index is 12.8. The SMILES string of the molecule is CC1=C(CCN2CC=C(c3c[nH]c4ccccc34)CC2)C(=O)N2CCSC2N1. The van der Waals surface area contributed by atoms with E-state index in [1.807, 2.05) is 16.7 Å². The quantitative estimate of drug-likeness (QED) is 0.835. The van der Waals surface area contributed by atoms with Gasteiger partial charge < -0.3 is 15.2 Å². The molecule has 1 amide bonds. The Bertz CT molecular complexity index is 976. The Kier molecular flexibility index (Phi) is 4.69. The summed E-state index contributed by atoms with van der Waals surface area (Å²) in [6.07, 6.45) is 6.37. The molecule has 4 heterocycles. The highest BCUT2D eigenvalue weighted by Gasteiger charge is 2.36. The standard InChI is InChI=1S/C22H26N4OS/c1-15-17(21(27)26-12-13-28-22(26)24-15)8-11-25-9-6-16(7-10-25)19-14-23-20-5-3-2-4-18(19)20/h2-6,14,22-24H,7-13H2,1H3. The molecular weight excluding hydrogens is 368 g/mol.